The maximum absolute atomic E-state index is 13.8. The van der Waals surface area contributed by atoms with Gasteiger partial charge in [-0.2, -0.15) is 0 Å². The molecular formula is C23H29NO6. The number of esters is 2. The van der Waals surface area contributed by atoms with E-state index in [0.29, 0.717) is 29.7 Å². The number of rotatable bonds is 2. The van der Waals surface area contributed by atoms with Crippen molar-refractivity contribution < 1.29 is 28.6 Å². The summed E-state index contributed by atoms with van der Waals surface area (Å²) in [5.74, 6) is -0.576. The van der Waals surface area contributed by atoms with Crippen molar-refractivity contribution in [2.75, 3.05) is 13.7 Å². The maximum atomic E-state index is 13.8. The quantitative estimate of drug-likeness (QED) is 0.641. The summed E-state index contributed by atoms with van der Waals surface area (Å²) >= 11 is 0. The van der Waals surface area contributed by atoms with Crippen LogP contribution in [0.2, 0.25) is 0 Å². The minimum absolute atomic E-state index is 0.000268. The number of carbonyl (C=O) groups is 3. The van der Waals surface area contributed by atoms with Crippen molar-refractivity contribution in [1.82, 2.24) is 4.90 Å². The average Bonchev–Trinajstić information content (AvgIpc) is 3.33. The normalized spacial score (nSPS) is 41.3. The lowest BCUT2D eigenvalue weighted by Gasteiger charge is -2.48. The molecule has 4 aliphatic heterocycles. The van der Waals surface area contributed by atoms with Crippen molar-refractivity contribution in [2.45, 2.75) is 82.6 Å². The third-order valence-corrected chi connectivity index (χ3v) is 8.06. The van der Waals surface area contributed by atoms with E-state index in [0.717, 1.165) is 37.8 Å². The highest BCUT2D eigenvalue weighted by Gasteiger charge is 2.76. The first-order valence-corrected chi connectivity index (χ1v) is 11.0. The van der Waals surface area contributed by atoms with E-state index in [1.165, 1.54) is 7.11 Å². The Morgan fingerprint density at radius 1 is 1.13 bits per heavy atom. The van der Waals surface area contributed by atoms with Crippen molar-refractivity contribution in [3.05, 3.63) is 22.5 Å². The minimum Gasteiger partial charge on any atom is -0.496 e. The molecule has 1 unspecified atom stereocenters. The minimum atomic E-state index is -1.46. The van der Waals surface area contributed by atoms with E-state index >= 15 is 0 Å². The van der Waals surface area contributed by atoms with Gasteiger partial charge >= 0.3 is 11.9 Å². The van der Waals surface area contributed by atoms with E-state index in [1.807, 2.05) is 13.8 Å². The molecule has 0 radical (unpaired) electrons. The van der Waals surface area contributed by atoms with Gasteiger partial charge in [0.25, 0.3) is 5.60 Å². The van der Waals surface area contributed by atoms with Crippen LogP contribution < -0.4 is 0 Å². The van der Waals surface area contributed by atoms with Crippen LogP contribution in [0, 0.1) is 5.92 Å². The van der Waals surface area contributed by atoms with E-state index in [2.05, 4.69) is 4.90 Å². The number of hydrogen-bond acceptors (Lipinski definition) is 7. The van der Waals surface area contributed by atoms with Crippen LogP contribution in [0.15, 0.2) is 22.5 Å². The van der Waals surface area contributed by atoms with Gasteiger partial charge in [-0.05, 0) is 70.1 Å². The second-order valence-electron chi connectivity index (χ2n) is 9.39. The van der Waals surface area contributed by atoms with Crippen molar-refractivity contribution in [3.63, 3.8) is 0 Å². The van der Waals surface area contributed by atoms with Crippen molar-refractivity contribution in [2.24, 2.45) is 5.92 Å². The van der Waals surface area contributed by atoms with Crippen LogP contribution in [0.25, 0.3) is 0 Å². The standard InChI is InChI=1S/C23H29NO6/c1-12-11-17(29-20(12)26)16-8-9-22-15(7-5-6-10-24(16)22)13(2)18(25)23(22)19(28-4)14(3)21(27)30-23/h12,16-17H,5-11H2,1-4H3/t12-,16-,17-,22?,23+/m0/s1. The highest BCUT2D eigenvalue weighted by atomic mass is 16.6. The van der Waals surface area contributed by atoms with Gasteiger partial charge in [0.1, 0.15) is 6.10 Å². The second-order valence-corrected chi connectivity index (χ2v) is 9.39. The summed E-state index contributed by atoms with van der Waals surface area (Å²) in [6, 6.07) is 0.000268. The van der Waals surface area contributed by atoms with Gasteiger partial charge in [-0.3, -0.25) is 14.5 Å². The van der Waals surface area contributed by atoms with Gasteiger partial charge in [0, 0.05) is 6.04 Å². The van der Waals surface area contributed by atoms with E-state index in [1.54, 1.807) is 6.92 Å². The Morgan fingerprint density at radius 2 is 1.90 bits per heavy atom. The van der Waals surface area contributed by atoms with Crippen molar-refractivity contribution >= 4 is 17.7 Å². The fraction of sp³-hybridized carbons (Fsp3) is 0.696. The molecule has 3 fully saturated rings. The summed E-state index contributed by atoms with van der Waals surface area (Å²) < 4.78 is 17.5. The molecule has 0 N–H and O–H groups in total. The summed E-state index contributed by atoms with van der Waals surface area (Å²) in [6.45, 7) is 6.20. The molecule has 4 heterocycles. The number of ketones is 1. The van der Waals surface area contributed by atoms with Crippen LogP contribution in [0.5, 0.6) is 0 Å². The third kappa shape index (κ3) is 2.12. The molecule has 0 amide bonds. The topological polar surface area (TPSA) is 82.1 Å². The Labute approximate surface area is 176 Å². The average molecular weight is 415 g/mol. The molecule has 7 nitrogen and oxygen atoms in total. The number of nitrogens with zero attached hydrogens (tertiary/aromatic N) is 1. The highest BCUT2D eigenvalue weighted by Crippen LogP contribution is 2.62. The second kappa shape index (κ2) is 6.42. The van der Waals surface area contributed by atoms with Crippen molar-refractivity contribution in [3.8, 4) is 0 Å². The van der Waals surface area contributed by atoms with Gasteiger partial charge in [0.2, 0.25) is 5.78 Å². The maximum Gasteiger partial charge on any atom is 0.338 e. The Kier molecular flexibility index (Phi) is 4.24. The lowest BCUT2D eigenvalue weighted by Crippen LogP contribution is -2.66. The molecule has 0 aromatic rings. The zero-order valence-electron chi connectivity index (χ0n) is 18.1. The number of cyclic esters (lactones) is 1. The summed E-state index contributed by atoms with van der Waals surface area (Å²) in [7, 11) is 1.51. The van der Waals surface area contributed by atoms with Gasteiger partial charge in [-0.1, -0.05) is 6.92 Å². The molecule has 0 saturated carbocycles. The Bertz CT molecular complexity index is 919. The van der Waals surface area contributed by atoms with Crippen molar-refractivity contribution in [1.29, 1.82) is 0 Å². The predicted molar refractivity (Wildman–Crippen MR) is 106 cm³/mol. The fourth-order valence-corrected chi connectivity index (χ4v) is 6.81. The van der Waals surface area contributed by atoms with Gasteiger partial charge in [-0.25, -0.2) is 4.79 Å². The smallest absolute Gasteiger partial charge is 0.338 e. The van der Waals surface area contributed by atoms with Gasteiger partial charge < -0.3 is 14.2 Å². The zero-order valence-corrected chi connectivity index (χ0v) is 18.1. The van der Waals surface area contributed by atoms with Crippen LogP contribution in [0.1, 0.15) is 59.3 Å². The van der Waals surface area contributed by atoms with Gasteiger partial charge in [0.15, 0.2) is 5.76 Å². The lowest BCUT2D eigenvalue weighted by molar-refractivity contribution is -0.168. The Hall–Kier alpha value is -2.15. The summed E-state index contributed by atoms with van der Waals surface area (Å²) in [5, 5.41) is 0. The number of Topliss-reactive ketones (excluding diaryl/α,β-unsaturated/α-hetero) is 1. The largest absolute Gasteiger partial charge is 0.496 e. The first kappa shape index (κ1) is 19.8. The summed E-state index contributed by atoms with van der Waals surface area (Å²) in [6.07, 6.45) is 4.69. The number of ether oxygens (including phenoxy) is 3. The Balaban J connectivity index is 1.69. The molecular weight excluding hydrogens is 386 g/mol. The van der Waals surface area contributed by atoms with E-state index in [-0.39, 0.29) is 29.8 Å². The molecule has 0 bridgehead atoms. The molecule has 0 aromatic carbocycles. The van der Waals surface area contributed by atoms with Crippen LogP contribution in [-0.2, 0) is 28.6 Å². The molecule has 3 saturated heterocycles. The zero-order chi connectivity index (χ0) is 21.4. The van der Waals surface area contributed by atoms with Crippen LogP contribution >= 0.6 is 0 Å². The van der Waals surface area contributed by atoms with E-state index < -0.39 is 17.1 Å². The molecule has 30 heavy (non-hydrogen) atoms. The molecule has 7 heteroatoms. The van der Waals surface area contributed by atoms with E-state index in [9.17, 15) is 14.4 Å². The SMILES string of the molecule is COC1=C(C)C(=O)O[C@]12C(=O)C(C)=C1CCCCN3[C@H]([C@@H]4C[C@H](C)C(=O)O4)CCC132. The van der Waals surface area contributed by atoms with Gasteiger partial charge in [0.05, 0.1) is 24.1 Å². The number of carbonyl (C=O) groups excluding carboxylic acids is 3. The fourth-order valence-electron chi connectivity index (χ4n) is 6.81. The molecule has 5 rings (SSSR count). The third-order valence-electron chi connectivity index (χ3n) is 8.06. The summed E-state index contributed by atoms with van der Waals surface area (Å²) in [5.41, 5.74) is -0.0942. The molecule has 0 aromatic heterocycles. The molecule has 1 aliphatic carbocycles. The highest BCUT2D eigenvalue weighted by molar-refractivity contribution is 6.14. The van der Waals surface area contributed by atoms with Crippen LogP contribution in [0.4, 0.5) is 0 Å². The predicted octanol–water partition coefficient (Wildman–Crippen LogP) is 2.44. The van der Waals surface area contributed by atoms with Crippen LogP contribution in [-0.4, -0.2) is 59.6 Å². The molecule has 5 aliphatic rings. The van der Waals surface area contributed by atoms with Crippen LogP contribution in [0.3, 0.4) is 0 Å². The first-order valence-electron chi connectivity index (χ1n) is 11.0. The Morgan fingerprint density at radius 3 is 2.57 bits per heavy atom. The number of methoxy groups -OCH3 is 1. The molecule has 5 atom stereocenters. The van der Waals surface area contributed by atoms with Gasteiger partial charge in [-0.15, -0.1) is 0 Å². The first-order chi connectivity index (χ1) is 14.3. The van der Waals surface area contributed by atoms with E-state index in [4.69, 9.17) is 14.2 Å². The molecule has 2 spiro atoms. The lowest BCUT2D eigenvalue weighted by atomic mass is 9.73. The molecule has 162 valence electrons. The summed E-state index contributed by atoms with van der Waals surface area (Å²) in [4.78, 5) is 41.0. The monoisotopic (exact) mass is 415 g/mol. The number of hydrogen-bond donors (Lipinski definition) is 0.